The fourth-order valence-electron chi connectivity index (χ4n) is 0.295. The van der Waals surface area contributed by atoms with Gasteiger partial charge in [-0.15, -0.1) is 5.92 Å². The van der Waals surface area contributed by atoms with Gasteiger partial charge in [0, 0.05) is 10.8 Å². The third-order valence-electron chi connectivity index (χ3n) is 0.633. The van der Waals surface area contributed by atoms with Crippen molar-refractivity contribution in [2.75, 3.05) is 11.0 Å². The Hall–Kier alpha value is 0.250. The van der Waals surface area contributed by atoms with Crippen molar-refractivity contribution >= 4 is 22.6 Å². The van der Waals surface area contributed by atoms with Crippen LogP contribution < -0.4 is 0 Å². The lowest BCUT2D eigenvalue weighted by atomic mass is 10.3. The zero-order valence-electron chi connectivity index (χ0n) is 4.61. The van der Waals surface area contributed by atoms with Gasteiger partial charge in [-0.1, -0.05) is 28.5 Å². The first-order valence-electron chi connectivity index (χ1n) is 2.51. The molecule has 0 amide bonds. The molecule has 2 heteroatoms. The SMILES string of the molecule is [O]CC#CCCCI. The first-order valence-corrected chi connectivity index (χ1v) is 4.04. The van der Waals surface area contributed by atoms with Crippen molar-refractivity contribution < 1.29 is 5.11 Å². The third kappa shape index (κ3) is 6.25. The lowest BCUT2D eigenvalue weighted by Gasteiger charge is -1.80. The molecule has 0 aliphatic carbocycles. The minimum absolute atomic E-state index is 0.249. The van der Waals surface area contributed by atoms with Gasteiger partial charge in [0.1, 0.15) is 6.61 Å². The first-order chi connectivity index (χ1) is 3.91. The fourth-order valence-corrected chi connectivity index (χ4v) is 0.676. The van der Waals surface area contributed by atoms with Gasteiger partial charge in [0.05, 0.1) is 0 Å². The maximum Gasteiger partial charge on any atom is 0.143 e. The molecule has 0 aromatic carbocycles. The van der Waals surface area contributed by atoms with Crippen LogP contribution in [-0.4, -0.2) is 11.0 Å². The van der Waals surface area contributed by atoms with E-state index in [1.54, 1.807) is 0 Å². The zero-order chi connectivity index (χ0) is 6.24. The van der Waals surface area contributed by atoms with Crippen LogP contribution in [0, 0.1) is 11.8 Å². The Kier molecular flexibility index (Phi) is 7.48. The number of alkyl halides is 1. The highest BCUT2D eigenvalue weighted by molar-refractivity contribution is 14.1. The molecule has 0 N–H and O–H groups in total. The van der Waals surface area contributed by atoms with Crippen molar-refractivity contribution in [3.8, 4) is 11.8 Å². The minimum Gasteiger partial charge on any atom is -0.223 e. The Balaban J connectivity index is 2.90. The van der Waals surface area contributed by atoms with Gasteiger partial charge in [-0.25, -0.2) is 5.11 Å². The maximum absolute atomic E-state index is 9.72. The summed E-state index contributed by atoms with van der Waals surface area (Å²) in [6.45, 7) is -0.249. The van der Waals surface area contributed by atoms with Gasteiger partial charge in [-0.3, -0.25) is 0 Å². The van der Waals surface area contributed by atoms with Gasteiger partial charge in [-0.05, 0) is 6.42 Å². The normalized spacial score (nSPS) is 7.75. The van der Waals surface area contributed by atoms with E-state index in [-0.39, 0.29) is 6.61 Å². The molecule has 0 bridgehead atoms. The van der Waals surface area contributed by atoms with E-state index >= 15 is 0 Å². The van der Waals surface area contributed by atoms with Gasteiger partial charge in [0.15, 0.2) is 0 Å². The molecule has 0 atom stereocenters. The summed E-state index contributed by atoms with van der Waals surface area (Å²) in [4.78, 5) is 0. The standard InChI is InChI=1S/C6H8IO/c7-5-3-1-2-4-6-8/h1,3,5-6H2. The monoisotopic (exact) mass is 223 g/mol. The molecule has 0 aliphatic heterocycles. The van der Waals surface area contributed by atoms with Crippen molar-refractivity contribution in [3.05, 3.63) is 0 Å². The van der Waals surface area contributed by atoms with Gasteiger partial charge >= 0.3 is 0 Å². The molecule has 45 valence electrons. The quantitative estimate of drug-likeness (QED) is 0.293. The topological polar surface area (TPSA) is 19.9 Å². The zero-order valence-corrected chi connectivity index (χ0v) is 6.77. The van der Waals surface area contributed by atoms with E-state index in [0.29, 0.717) is 0 Å². The molecule has 0 aromatic rings. The molecule has 1 radical (unpaired) electrons. The summed E-state index contributed by atoms with van der Waals surface area (Å²) in [5.74, 6) is 5.24. The third-order valence-corrected chi connectivity index (χ3v) is 1.40. The van der Waals surface area contributed by atoms with Crippen LogP contribution in [0.4, 0.5) is 0 Å². The summed E-state index contributed by atoms with van der Waals surface area (Å²) >= 11 is 2.29. The number of rotatable bonds is 2. The Morgan fingerprint density at radius 3 is 2.62 bits per heavy atom. The average Bonchev–Trinajstić information content (AvgIpc) is 1.81. The van der Waals surface area contributed by atoms with Gasteiger partial charge in [0.2, 0.25) is 0 Å². The Morgan fingerprint density at radius 1 is 1.38 bits per heavy atom. The van der Waals surface area contributed by atoms with E-state index in [9.17, 15) is 5.11 Å². The smallest absolute Gasteiger partial charge is 0.143 e. The van der Waals surface area contributed by atoms with E-state index in [1.807, 2.05) is 0 Å². The highest BCUT2D eigenvalue weighted by atomic mass is 127. The maximum atomic E-state index is 9.72. The van der Waals surface area contributed by atoms with Crippen molar-refractivity contribution in [3.63, 3.8) is 0 Å². The molecule has 0 spiro atoms. The number of hydrogen-bond acceptors (Lipinski definition) is 0. The first kappa shape index (κ1) is 8.25. The molecule has 0 aromatic heterocycles. The van der Waals surface area contributed by atoms with E-state index in [0.717, 1.165) is 17.3 Å². The summed E-state index contributed by atoms with van der Waals surface area (Å²) in [6, 6.07) is 0. The van der Waals surface area contributed by atoms with E-state index in [4.69, 9.17) is 0 Å². The summed E-state index contributed by atoms with van der Waals surface area (Å²) in [5.41, 5.74) is 0. The second-order valence-corrected chi connectivity index (χ2v) is 2.37. The predicted octanol–water partition coefficient (Wildman–Crippen LogP) is 1.64. The van der Waals surface area contributed by atoms with Gasteiger partial charge in [-0.2, -0.15) is 0 Å². The van der Waals surface area contributed by atoms with Crippen LogP contribution in [0.2, 0.25) is 0 Å². The van der Waals surface area contributed by atoms with Crippen molar-refractivity contribution in [2.45, 2.75) is 12.8 Å². The molecule has 0 aliphatic rings. The van der Waals surface area contributed by atoms with E-state index in [2.05, 4.69) is 34.4 Å². The van der Waals surface area contributed by atoms with E-state index < -0.39 is 0 Å². The molecular formula is C6H8IO. The molecule has 0 saturated heterocycles. The molecule has 0 unspecified atom stereocenters. The number of unbranched alkanes of at least 4 members (excludes halogenated alkanes) is 1. The summed E-state index contributed by atoms with van der Waals surface area (Å²) in [5, 5.41) is 9.72. The van der Waals surface area contributed by atoms with Crippen LogP contribution >= 0.6 is 22.6 Å². The van der Waals surface area contributed by atoms with Crippen molar-refractivity contribution in [2.24, 2.45) is 0 Å². The molecule has 0 heterocycles. The lowest BCUT2D eigenvalue weighted by molar-refractivity contribution is 0.239. The Bertz CT molecular complexity index is 90.4. The van der Waals surface area contributed by atoms with Crippen LogP contribution in [-0.2, 0) is 5.11 Å². The summed E-state index contributed by atoms with van der Waals surface area (Å²) < 4.78 is 1.13. The summed E-state index contributed by atoms with van der Waals surface area (Å²) in [7, 11) is 0. The molecule has 0 saturated carbocycles. The molecule has 0 fully saturated rings. The molecule has 0 rings (SSSR count). The fraction of sp³-hybridized carbons (Fsp3) is 0.667. The number of halogens is 1. The largest absolute Gasteiger partial charge is 0.223 e. The molecular weight excluding hydrogens is 215 g/mol. The number of hydrogen-bond donors (Lipinski definition) is 0. The Morgan fingerprint density at radius 2 is 2.12 bits per heavy atom. The molecule has 1 nitrogen and oxygen atoms in total. The highest BCUT2D eigenvalue weighted by Gasteiger charge is 1.75. The van der Waals surface area contributed by atoms with E-state index in [1.165, 1.54) is 0 Å². The van der Waals surface area contributed by atoms with Crippen LogP contribution in [0.15, 0.2) is 0 Å². The highest BCUT2D eigenvalue weighted by Crippen LogP contribution is 1.91. The van der Waals surface area contributed by atoms with Gasteiger partial charge < -0.3 is 0 Å². The van der Waals surface area contributed by atoms with Crippen LogP contribution in [0.3, 0.4) is 0 Å². The molecule has 8 heavy (non-hydrogen) atoms. The lowest BCUT2D eigenvalue weighted by Crippen LogP contribution is -1.72. The van der Waals surface area contributed by atoms with Crippen LogP contribution in [0.1, 0.15) is 12.8 Å². The average molecular weight is 223 g/mol. The summed E-state index contributed by atoms with van der Waals surface area (Å²) in [6.07, 6.45) is 1.98. The van der Waals surface area contributed by atoms with Gasteiger partial charge in [0.25, 0.3) is 0 Å². The minimum atomic E-state index is -0.249. The second-order valence-electron chi connectivity index (χ2n) is 1.29. The van der Waals surface area contributed by atoms with Crippen LogP contribution in [0.5, 0.6) is 0 Å². The van der Waals surface area contributed by atoms with Crippen molar-refractivity contribution in [1.29, 1.82) is 0 Å². The second kappa shape index (κ2) is 7.25. The Labute approximate surface area is 63.6 Å². The van der Waals surface area contributed by atoms with Crippen molar-refractivity contribution in [1.82, 2.24) is 0 Å². The van der Waals surface area contributed by atoms with Crippen LogP contribution in [0.25, 0.3) is 0 Å². The predicted molar refractivity (Wildman–Crippen MR) is 41.5 cm³/mol.